The Morgan fingerprint density at radius 2 is 1.82 bits per heavy atom. The Hall–Kier alpha value is -1.59. The molecule has 122 valence electrons. The first-order valence-electron chi connectivity index (χ1n) is 7.27. The van der Waals surface area contributed by atoms with Crippen molar-refractivity contribution in [1.29, 1.82) is 0 Å². The highest BCUT2D eigenvalue weighted by Crippen LogP contribution is 2.16. The van der Waals surface area contributed by atoms with Crippen LogP contribution in [0.4, 0.5) is 5.69 Å². The highest BCUT2D eigenvalue weighted by molar-refractivity contribution is 6.39. The normalized spacial score (nSPS) is 13.5. The number of carbonyl (C=O) groups is 2. The van der Waals surface area contributed by atoms with Gasteiger partial charge in [-0.15, -0.1) is 0 Å². The van der Waals surface area contributed by atoms with Gasteiger partial charge in [-0.25, -0.2) is 0 Å². The summed E-state index contributed by atoms with van der Waals surface area (Å²) in [5.41, 5.74) is -0.545. The van der Waals surface area contributed by atoms with Crippen LogP contribution in [0, 0.1) is 5.92 Å². The van der Waals surface area contributed by atoms with Crippen LogP contribution >= 0.6 is 11.6 Å². The van der Waals surface area contributed by atoms with E-state index in [2.05, 4.69) is 24.5 Å². The Balaban J connectivity index is 2.44. The van der Waals surface area contributed by atoms with Gasteiger partial charge in [-0.05, 0) is 49.9 Å². The number of halogens is 1. The molecule has 0 spiro atoms. The first-order valence-corrected chi connectivity index (χ1v) is 7.64. The van der Waals surface area contributed by atoms with Gasteiger partial charge in [0, 0.05) is 17.3 Å². The van der Waals surface area contributed by atoms with E-state index in [-0.39, 0.29) is 6.54 Å². The Labute approximate surface area is 136 Å². The molecule has 1 aromatic carbocycles. The maximum Gasteiger partial charge on any atom is 0.313 e. The quantitative estimate of drug-likeness (QED) is 0.703. The lowest BCUT2D eigenvalue weighted by atomic mass is 9.95. The molecule has 0 saturated carbocycles. The average Bonchev–Trinajstić information content (AvgIpc) is 2.45. The first-order chi connectivity index (χ1) is 10.2. The number of nitrogens with one attached hydrogen (secondary N) is 2. The van der Waals surface area contributed by atoms with Crippen LogP contribution in [0.1, 0.15) is 33.6 Å². The van der Waals surface area contributed by atoms with Gasteiger partial charge in [-0.1, -0.05) is 25.4 Å². The molecule has 6 heteroatoms. The van der Waals surface area contributed by atoms with Gasteiger partial charge in [0.05, 0.1) is 5.60 Å². The number of carbonyl (C=O) groups excluding carboxylic acids is 2. The number of hydrogen-bond acceptors (Lipinski definition) is 3. The summed E-state index contributed by atoms with van der Waals surface area (Å²) >= 11 is 5.74. The average molecular weight is 327 g/mol. The highest BCUT2D eigenvalue weighted by atomic mass is 35.5. The molecule has 3 N–H and O–H groups in total. The van der Waals surface area contributed by atoms with Crippen molar-refractivity contribution in [2.24, 2.45) is 5.92 Å². The van der Waals surface area contributed by atoms with Gasteiger partial charge in [0.2, 0.25) is 0 Å². The molecule has 0 aliphatic heterocycles. The maximum atomic E-state index is 11.7. The topological polar surface area (TPSA) is 78.4 Å². The summed E-state index contributed by atoms with van der Waals surface area (Å²) in [7, 11) is 0. The fourth-order valence-corrected chi connectivity index (χ4v) is 1.89. The van der Waals surface area contributed by atoms with Crippen LogP contribution in [-0.2, 0) is 9.59 Å². The monoisotopic (exact) mass is 326 g/mol. The van der Waals surface area contributed by atoms with E-state index in [1.54, 1.807) is 31.2 Å². The molecule has 1 aromatic rings. The lowest BCUT2D eigenvalue weighted by Gasteiger charge is -2.24. The van der Waals surface area contributed by atoms with E-state index >= 15 is 0 Å². The van der Waals surface area contributed by atoms with Crippen molar-refractivity contribution in [2.75, 3.05) is 11.9 Å². The molecule has 0 aliphatic carbocycles. The SMILES string of the molecule is CC(C)CC[C@@](C)(O)CNC(=O)C(=O)Nc1ccc(Cl)cc1. The van der Waals surface area contributed by atoms with Crippen LogP contribution in [0.25, 0.3) is 0 Å². The number of benzene rings is 1. The Bertz CT molecular complexity index is 513. The highest BCUT2D eigenvalue weighted by Gasteiger charge is 2.23. The summed E-state index contributed by atoms with van der Waals surface area (Å²) in [6.07, 6.45) is 1.41. The van der Waals surface area contributed by atoms with Gasteiger partial charge >= 0.3 is 11.8 Å². The van der Waals surface area contributed by atoms with Crippen molar-refractivity contribution >= 4 is 29.1 Å². The fourth-order valence-electron chi connectivity index (χ4n) is 1.76. The van der Waals surface area contributed by atoms with Gasteiger partial charge in [-0.2, -0.15) is 0 Å². The lowest BCUT2D eigenvalue weighted by Crippen LogP contribution is -2.44. The van der Waals surface area contributed by atoms with Gasteiger partial charge in [-0.3, -0.25) is 9.59 Å². The van der Waals surface area contributed by atoms with E-state index in [0.717, 1.165) is 6.42 Å². The molecule has 0 aliphatic rings. The van der Waals surface area contributed by atoms with Gasteiger partial charge in [0.25, 0.3) is 0 Å². The smallest absolute Gasteiger partial charge is 0.313 e. The van der Waals surface area contributed by atoms with Gasteiger partial charge in [0.1, 0.15) is 0 Å². The molecule has 0 aromatic heterocycles. The standard InChI is InChI=1S/C16H23ClN2O3/c1-11(2)8-9-16(3,22)10-18-14(20)15(21)19-13-6-4-12(17)5-7-13/h4-7,11,22H,8-10H2,1-3H3,(H,18,20)(H,19,21)/t16-/m1/s1. The molecule has 22 heavy (non-hydrogen) atoms. The Morgan fingerprint density at radius 1 is 1.23 bits per heavy atom. The Kier molecular flexibility index (Phi) is 6.84. The number of hydrogen-bond donors (Lipinski definition) is 3. The summed E-state index contributed by atoms with van der Waals surface area (Å²) in [5, 5.41) is 15.6. The van der Waals surface area contributed by atoms with E-state index in [4.69, 9.17) is 11.6 Å². The van der Waals surface area contributed by atoms with Gasteiger partial charge in [0.15, 0.2) is 0 Å². The second-order valence-corrected chi connectivity index (χ2v) is 6.51. The molecule has 0 saturated heterocycles. The summed E-state index contributed by atoms with van der Waals surface area (Å²) < 4.78 is 0. The number of anilines is 1. The van der Waals surface area contributed by atoms with Crippen LogP contribution in [0.15, 0.2) is 24.3 Å². The molecule has 0 heterocycles. The fraction of sp³-hybridized carbons (Fsp3) is 0.500. The van der Waals surface area contributed by atoms with E-state index < -0.39 is 17.4 Å². The van der Waals surface area contributed by atoms with Crippen LogP contribution < -0.4 is 10.6 Å². The van der Waals surface area contributed by atoms with Crippen molar-refractivity contribution in [3.63, 3.8) is 0 Å². The van der Waals surface area contributed by atoms with Crippen molar-refractivity contribution in [1.82, 2.24) is 5.32 Å². The molecular weight excluding hydrogens is 304 g/mol. The Morgan fingerprint density at radius 3 is 2.36 bits per heavy atom. The largest absolute Gasteiger partial charge is 0.388 e. The molecule has 0 bridgehead atoms. The molecule has 0 fully saturated rings. The van der Waals surface area contributed by atoms with Gasteiger partial charge < -0.3 is 15.7 Å². The summed E-state index contributed by atoms with van der Waals surface area (Å²) in [6, 6.07) is 6.44. The molecule has 2 amide bonds. The summed E-state index contributed by atoms with van der Waals surface area (Å²) in [6.45, 7) is 5.81. The maximum absolute atomic E-state index is 11.7. The van der Waals surface area contributed by atoms with Crippen molar-refractivity contribution in [3.8, 4) is 0 Å². The predicted octanol–water partition coefficient (Wildman–Crippen LogP) is 2.58. The second kappa shape index (κ2) is 8.15. The molecular formula is C16H23ClN2O3. The zero-order valence-corrected chi connectivity index (χ0v) is 13.9. The molecule has 0 radical (unpaired) electrons. The van der Waals surface area contributed by atoms with E-state index in [0.29, 0.717) is 23.0 Å². The number of amides is 2. The molecule has 5 nitrogen and oxygen atoms in total. The van der Waals surface area contributed by atoms with Crippen molar-refractivity contribution < 1.29 is 14.7 Å². The predicted molar refractivity (Wildman–Crippen MR) is 87.8 cm³/mol. The van der Waals surface area contributed by atoms with Crippen molar-refractivity contribution in [3.05, 3.63) is 29.3 Å². The van der Waals surface area contributed by atoms with Crippen LogP contribution in [0.5, 0.6) is 0 Å². The number of aliphatic hydroxyl groups is 1. The van der Waals surface area contributed by atoms with Crippen LogP contribution in [0.3, 0.4) is 0 Å². The minimum atomic E-state index is -1.03. The minimum absolute atomic E-state index is 0.0343. The second-order valence-electron chi connectivity index (χ2n) is 6.07. The third-order valence-corrected chi connectivity index (χ3v) is 3.45. The van der Waals surface area contributed by atoms with E-state index in [1.165, 1.54) is 0 Å². The van der Waals surface area contributed by atoms with Crippen molar-refractivity contribution in [2.45, 2.75) is 39.2 Å². The first kappa shape index (κ1) is 18.5. The van der Waals surface area contributed by atoms with E-state index in [1.807, 2.05) is 0 Å². The summed E-state index contributed by atoms with van der Waals surface area (Å²) in [5.74, 6) is -1.09. The molecule has 1 atom stereocenters. The zero-order valence-electron chi connectivity index (χ0n) is 13.1. The van der Waals surface area contributed by atoms with Crippen LogP contribution in [-0.4, -0.2) is 29.1 Å². The third kappa shape index (κ3) is 6.91. The minimum Gasteiger partial charge on any atom is -0.388 e. The molecule has 0 unspecified atom stereocenters. The molecule has 1 rings (SSSR count). The van der Waals surface area contributed by atoms with Crippen LogP contribution in [0.2, 0.25) is 5.02 Å². The number of rotatable bonds is 6. The third-order valence-electron chi connectivity index (χ3n) is 3.20. The van der Waals surface area contributed by atoms with E-state index in [9.17, 15) is 14.7 Å². The lowest BCUT2D eigenvalue weighted by molar-refractivity contribution is -0.136. The zero-order chi connectivity index (χ0) is 16.8. The summed E-state index contributed by atoms with van der Waals surface area (Å²) in [4.78, 5) is 23.5.